The maximum absolute atomic E-state index is 11.9. The lowest BCUT2D eigenvalue weighted by atomic mass is 9.97. The summed E-state index contributed by atoms with van der Waals surface area (Å²) in [5.74, 6) is 0.817. The SMILES string of the molecule is CCOC(=O)C1CCN(c2cnc3cc4ccccc4cc3n2)CC1. The summed E-state index contributed by atoms with van der Waals surface area (Å²) in [6, 6.07) is 12.4. The lowest BCUT2D eigenvalue weighted by molar-refractivity contribution is -0.148. The Bertz CT molecular complexity index is 917. The molecule has 2 aromatic carbocycles. The number of carbonyl (C=O) groups excluding carboxylic acids is 1. The molecule has 0 bridgehead atoms. The van der Waals surface area contributed by atoms with Gasteiger partial charge in [0.2, 0.25) is 0 Å². The predicted octanol–water partition coefficient (Wildman–Crippen LogP) is 3.56. The van der Waals surface area contributed by atoms with Crippen molar-refractivity contribution in [1.29, 1.82) is 0 Å². The minimum atomic E-state index is -0.0711. The van der Waals surface area contributed by atoms with Gasteiger partial charge in [0.25, 0.3) is 0 Å². The zero-order valence-electron chi connectivity index (χ0n) is 14.3. The monoisotopic (exact) mass is 335 g/mol. The fourth-order valence-corrected chi connectivity index (χ4v) is 3.45. The van der Waals surface area contributed by atoms with Crippen LogP contribution in [-0.2, 0) is 9.53 Å². The molecule has 1 aliphatic rings. The molecule has 128 valence electrons. The van der Waals surface area contributed by atoms with Gasteiger partial charge in [0.15, 0.2) is 0 Å². The predicted molar refractivity (Wildman–Crippen MR) is 98.6 cm³/mol. The van der Waals surface area contributed by atoms with E-state index in [9.17, 15) is 4.79 Å². The Hall–Kier alpha value is -2.69. The number of esters is 1. The molecule has 0 aliphatic carbocycles. The van der Waals surface area contributed by atoms with Crippen LogP contribution in [0.5, 0.6) is 0 Å². The van der Waals surface area contributed by atoms with E-state index in [1.807, 2.05) is 25.3 Å². The van der Waals surface area contributed by atoms with Gasteiger partial charge in [0.05, 0.1) is 29.8 Å². The number of anilines is 1. The number of hydrogen-bond acceptors (Lipinski definition) is 5. The second kappa shape index (κ2) is 6.67. The molecular weight excluding hydrogens is 314 g/mol. The summed E-state index contributed by atoms with van der Waals surface area (Å²) >= 11 is 0. The minimum absolute atomic E-state index is 0.00793. The Morgan fingerprint density at radius 3 is 2.52 bits per heavy atom. The molecule has 0 spiro atoms. The molecule has 0 radical (unpaired) electrons. The Labute approximate surface area is 146 Å². The summed E-state index contributed by atoms with van der Waals surface area (Å²) in [6.07, 6.45) is 3.44. The van der Waals surface area contributed by atoms with Crippen LogP contribution < -0.4 is 4.90 Å². The number of nitrogens with zero attached hydrogens (tertiary/aromatic N) is 3. The summed E-state index contributed by atoms with van der Waals surface area (Å²) in [7, 11) is 0. The van der Waals surface area contributed by atoms with Gasteiger partial charge in [-0.05, 0) is 42.7 Å². The van der Waals surface area contributed by atoms with Gasteiger partial charge < -0.3 is 9.64 Å². The first kappa shape index (κ1) is 15.8. The van der Waals surface area contributed by atoms with E-state index in [1.165, 1.54) is 10.8 Å². The van der Waals surface area contributed by atoms with E-state index in [1.54, 1.807) is 0 Å². The minimum Gasteiger partial charge on any atom is -0.466 e. The highest BCUT2D eigenvalue weighted by molar-refractivity contribution is 5.95. The number of hydrogen-bond donors (Lipinski definition) is 0. The molecule has 0 N–H and O–H groups in total. The van der Waals surface area contributed by atoms with Crippen LogP contribution in [0.25, 0.3) is 21.8 Å². The van der Waals surface area contributed by atoms with Gasteiger partial charge in [-0.1, -0.05) is 24.3 Å². The summed E-state index contributed by atoms with van der Waals surface area (Å²) in [6.45, 7) is 3.90. The van der Waals surface area contributed by atoms with Crippen LogP contribution in [-0.4, -0.2) is 35.6 Å². The van der Waals surface area contributed by atoms with E-state index in [0.29, 0.717) is 6.61 Å². The van der Waals surface area contributed by atoms with Crippen LogP contribution in [0.15, 0.2) is 42.6 Å². The molecule has 5 heteroatoms. The van der Waals surface area contributed by atoms with Gasteiger partial charge in [-0.3, -0.25) is 9.78 Å². The third kappa shape index (κ3) is 3.14. The topological polar surface area (TPSA) is 55.3 Å². The third-order valence-electron chi connectivity index (χ3n) is 4.84. The molecule has 5 nitrogen and oxygen atoms in total. The van der Waals surface area contributed by atoms with E-state index < -0.39 is 0 Å². The summed E-state index contributed by atoms with van der Waals surface area (Å²) < 4.78 is 5.14. The van der Waals surface area contributed by atoms with Crippen molar-refractivity contribution in [1.82, 2.24) is 9.97 Å². The Balaban J connectivity index is 1.56. The highest BCUT2D eigenvalue weighted by atomic mass is 16.5. The van der Waals surface area contributed by atoms with E-state index >= 15 is 0 Å². The first-order valence-electron chi connectivity index (χ1n) is 8.82. The van der Waals surface area contributed by atoms with Crippen molar-refractivity contribution in [2.45, 2.75) is 19.8 Å². The van der Waals surface area contributed by atoms with E-state index in [-0.39, 0.29) is 11.9 Å². The molecule has 1 fully saturated rings. The Morgan fingerprint density at radius 1 is 1.16 bits per heavy atom. The molecule has 1 aliphatic heterocycles. The standard InChI is InChI=1S/C20H21N3O2/c1-2-25-20(24)14-7-9-23(10-8-14)19-13-21-17-11-15-5-3-4-6-16(15)12-18(17)22-19/h3-6,11-14H,2,7-10H2,1H3. The van der Waals surface area contributed by atoms with Gasteiger partial charge in [-0.15, -0.1) is 0 Å². The maximum Gasteiger partial charge on any atom is 0.309 e. The molecule has 0 unspecified atom stereocenters. The van der Waals surface area contributed by atoms with Crippen LogP contribution in [0.2, 0.25) is 0 Å². The quantitative estimate of drug-likeness (QED) is 0.541. The fraction of sp³-hybridized carbons (Fsp3) is 0.350. The molecule has 1 saturated heterocycles. The largest absolute Gasteiger partial charge is 0.466 e. The van der Waals surface area contributed by atoms with Gasteiger partial charge >= 0.3 is 5.97 Å². The van der Waals surface area contributed by atoms with Crippen LogP contribution in [0.1, 0.15) is 19.8 Å². The Morgan fingerprint density at radius 2 is 1.84 bits per heavy atom. The summed E-state index contributed by atoms with van der Waals surface area (Å²) in [5, 5.41) is 2.34. The molecule has 0 saturated carbocycles. The number of benzene rings is 2. The van der Waals surface area contributed by atoms with Gasteiger partial charge in [-0.2, -0.15) is 0 Å². The van der Waals surface area contributed by atoms with Crippen molar-refractivity contribution in [3.63, 3.8) is 0 Å². The maximum atomic E-state index is 11.9. The van der Waals surface area contributed by atoms with E-state index in [4.69, 9.17) is 9.72 Å². The molecule has 3 aromatic rings. The molecule has 25 heavy (non-hydrogen) atoms. The lowest BCUT2D eigenvalue weighted by Crippen LogP contribution is -2.37. The zero-order valence-corrected chi connectivity index (χ0v) is 14.3. The van der Waals surface area contributed by atoms with Crippen LogP contribution in [0.3, 0.4) is 0 Å². The second-order valence-electron chi connectivity index (χ2n) is 6.43. The lowest BCUT2D eigenvalue weighted by Gasteiger charge is -2.31. The van der Waals surface area contributed by atoms with Gasteiger partial charge in [-0.25, -0.2) is 4.98 Å². The van der Waals surface area contributed by atoms with Crippen molar-refractivity contribution >= 4 is 33.6 Å². The number of piperidine rings is 1. The second-order valence-corrected chi connectivity index (χ2v) is 6.43. The van der Waals surface area contributed by atoms with Crippen molar-refractivity contribution < 1.29 is 9.53 Å². The average molecular weight is 335 g/mol. The number of ether oxygens (including phenoxy) is 1. The van der Waals surface area contributed by atoms with Crippen LogP contribution >= 0.6 is 0 Å². The van der Waals surface area contributed by atoms with Gasteiger partial charge in [0.1, 0.15) is 5.82 Å². The average Bonchev–Trinajstić information content (AvgIpc) is 2.66. The normalized spacial score (nSPS) is 15.6. The van der Waals surface area contributed by atoms with Crippen LogP contribution in [0.4, 0.5) is 5.82 Å². The smallest absolute Gasteiger partial charge is 0.309 e. The van der Waals surface area contributed by atoms with Gasteiger partial charge in [0, 0.05) is 13.1 Å². The van der Waals surface area contributed by atoms with Crippen molar-refractivity contribution in [3.8, 4) is 0 Å². The van der Waals surface area contributed by atoms with Crippen molar-refractivity contribution in [3.05, 3.63) is 42.6 Å². The van der Waals surface area contributed by atoms with Crippen LogP contribution in [0, 0.1) is 5.92 Å². The third-order valence-corrected chi connectivity index (χ3v) is 4.84. The van der Waals surface area contributed by atoms with E-state index in [0.717, 1.165) is 42.8 Å². The highest BCUT2D eigenvalue weighted by Crippen LogP contribution is 2.25. The first-order chi connectivity index (χ1) is 12.2. The number of carbonyl (C=O) groups is 1. The molecule has 4 rings (SSSR count). The fourth-order valence-electron chi connectivity index (χ4n) is 3.45. The highest BCUT2D eigenvalue weighted by Gasteiger charge is 2.26. The summed E-state index contributed by atoms with van der Waals surface area (Å²) in [5.41, 5.74) is 1.81. The molecular formula is C20H21N3O2. The van der Waals surface area contributed by atoms with Crippen molar-refractivity contribution in [2.24, 2.45) is 5.92 Å². The molecule has 2 heterocycles. The summed E-state index contributed by atoms with van der Waals surface area (Å²) in [4.78, 5) is 23.5. The van der Waals surface area contributed by atoms with E-state index in [2.05, 4.69) is 34.1 Å². The first-order valence-corrected chi connectivity index (χ1v) is 8.82. The Kier molecular flexibility index (Phi) is 4.22. The molecule has 0 amide bonds. The number of aromatic nitrogens is 2. The molecule has 0 atom stereocenters. The molecule has 1 aromatic heterocycles. The van der Waals surface area contributed by atoms with Crippen molar-refractivity contribution in [2.75, 3.05) is 24.6 Å². The number of fused-ring (bicyclic) bond motifs is 2. The zero-order chi connectivity index (χ0) is 17.2. The number of rotatable bonds is 3.